The lowest BCUT2D eigenvalue weighted by Gasteiger charge is -2.10. The van der Waals surface area contributed by atoms with Gasteiger partial charge >= 0.3 is 17.9 Å². The minimum absolute atomic E-state index is 0.0146. The summed E-state index contributed by atoms with van der Waals surface area (Å²) in [5.74, 6) is -8.63. The van der Waals surface area contributed by atoms with Gasteiger partial charge in [0.1, 0.15) is 0 Å². The molecule has 6 aromatic rings. The zero-order valence-corrected chi connectivity index (χ0v) is 37.8. The van der Waals surface area contributed by atoms with Crippen LogP contribution < -0.4 is 0 Å². The molecule has 0 heterocycles. The lowest BCUT2D eigenvalue weighted by atomic mass is 10.3. The third-order valence-corrected chi connectivity index (χ3v) is 12.3. The van der Waals surface area contributed by atoms with Crippen LogP contribution in [0.4, 0.5) is 17.6 Å². The molecule has 334 valence electrons. The van der Waals surface area contributed by atoms with E-state index in [1.165, 1.54) is 43.2 Å². The summed E-state index contributed by atoms with van der Waals surface area (Å²) in [4.78, 5) is 40.2. The smallest absolute Gasteiger partial charge is 0.344 e. The van der Waals surface area contributed by atoms with Crippen molar-refractivity contribution in [3.8, 4) is 0 Å². The summed E-state index contributed by atoms with van der Waals surface area (Å²) >= 11 is 0. The van der Waals surface area contributed by atoms with E-state index in [9.17, 15) is 31.9 Å². The van der Waals surface area contributed by atoms with Crippen LogP contribution in [0.5, 0.6) is 0 Å². The number of halogens is 4. The Labute approximate surface area is 379 Å². The van der Waals surface area contributed by atoms with Gasteiger partial charge in [-0.3, -0.25) is 0 Å². The number of hydrogen-bond acceptors (Lipinski definition) is 6. The molecule has 0 bridgehead atoms. The molecule has 0 saturated heterocycles. The Bertz CT molecular complexity index is 2000. The van der Waals surface area contributed by atoms with Crippen molar-refractivity contribution in [2.75, 3.05) is 19.8 Å². The Morgan fingerprint density at radius 2 is 0.641 bits per heavy atom. The number of ether oxygens (including phenoxy) is 3. The van der Waals surface area contributed by atoms with Crippen LogP contribution >= 0.6 is 0 Å². The number of carbonyl (C=O) groups is 3. The first-order valence-electron chi connectivity index (χ1n) is 19.8. The van der Waals surface area contributed by atoms with E-state index in [4.69, 9.17) is 0 Å². The monoisotopic (exact) mass is 912 g/mol. The predicted octanol–water partition coefficient (Wildman–Crippen LogP) is 12.6. The molecule has 0 aromatic heterocycles. The molecule has 0 atom stereocenters. The summed E-state index contributed by atoms with van der Waals surface area (Å²) in [7, 11) is -0.0293. The van der Waals surface area contributed by atoms with Crippen LogP contribution in [-0.2, 0) is 50.4 Å². The number of carbonyl (C=O) groups excluding carboxylic acids is 3. The standard InChI is InChI=1S/2C18H15S.C9H12F2O4.C7H10F2O2/c2*1-4-10-16(11-5-1)19(17-12-6-2-7-13-17)18-14-8-3-9-15-18;1-6(2)8(13)14-4-7(12)15-5-9(3,10)11;1-5(2)6(10)11-4-7(3,8)9/h2*1-15H;1,4-5H2,2-3H3;1,4H2,2-3H3/q2*+1;;. The molecular weight excluding hydrogens is 861 g/mol. The zero-order chi connectivity index (χ0) is 47.0. The van der Waals surface area contributed by atoms with Gasteiger partial charge in [-0.05, 0) is 86.6 Å². The van der Waals surface area contributed by atoms with Gasteiger partial charge in [0.2, 0.25) is 0 Å². The van der Waals surface area contributed by atoms with E-state index < -0.39 is 49.6 Å². The minimum atomic E-state index is -3.09. The van der Waals surface area contributed by atoms with Crippen molar-refractivity contribution in [3.63, 3.8) is 0 Å². The number of esters is 3. The molecule has 0 aliphatic rings. The van der Waals surface area contributed by atoms with Gasteiger partial charge < -0.3 is 14.2 Å². The largest absolute Gasteiger partial charge is 0.457 e. The van der Waals surface area contributed by atoms with Gasteiger partial charge in [0.25, 0.3) is 11.8 Å². The van der Waals surface area contributed by atoms with E-state index >= 15 is 0 Å². The van der Waals surface area contributed by atoms with Crippen LogP contribution in [0, 0.1) is 0 Å². The lowest BCUT2D eigenvalue weighted by Crippen LogP contribution is -2.24. The van der Waals surface area contributed by atoms with E-state index in [0.717, 1.165) is 0 Å². The summed E-state index contributed by atoms with van der Waals surface area (Å²) < 4.78 is 61.2. The van der Waals surface area contributed by atoms with Gasteiger partial charge in [0.05, 0.1) is 21.8 Å². The Kier molecular flexibility index (Phi) is 21.9. The van der Waals surface area contributed by atoms with Crippen LogP contribution in [0.25, 0.3) is 0 Å². The van der Waals surface area contributed by atoms with Gasteiger partial charge in [0.15, 0.2) is 49.2 Å². The first-order chi connectivity index (χ1) is 30.4. The molecule has 0 saturated carbocycles. The van der Waals surface area contributed by atoms with Gasteiger partial charge in [-0.25, -0.2) is 31.9 Å². The molecular formula is C52H52F4O6S2+2. The van der Waals surface area contributed by atoms with Crippen LogP contribution in [0.3, 0.4) is 0 Å². The maximum Gasteiger partial charge on any atom is 0.344 e. The Morgan fingerprint density at radius 3 is 0.859 bits per heavy atom. The van der Waals surface area contributed by atoms with Gasteiger partial charge in [-0.1, -0.05) is 122 Å². The van der Waals surface area contributed by atoms with E-state index in [-0.39, 0.29) is 32.9 Å². The fraction of sp³-hybridized carbons (Fsp3) is 0.173. The third kappa shape index (κ3) is 20.2. The molecule has 12 heteroatoms. The van der Waals surface area contributed by atoms with Crippen molar-refractivity contribution in [3.05, 3.63) is 206 Å². The molecule has 0 N–H and O–H groups in total. The van der Waals surface area contributed by atoms with Gasteiger partial charge in [-0.15, -0.1) is 0 Å². The minimum Gasteiger partial charge on any atom is -0.457 e. The van der Waals surface area contributed by atoms with E-state index in [2.05, 4.69) is 209 Å². The van der Waals surface area contributed by atoms with Gasteiger partial charge in [0, 0.05) is 25.0 Å². The SMILES string of the molecule is C=C(C)C(=O)OCC(=O)OCC(C)(F)F.C=C(C)C(=O)OCC(C)(F)F.c1ccc([S+](c2ccccc2)c2ccccc2)cc1.c1ccc([S+](c2ccccc2)c2ccccc2)cc1. The maximum atomic E-state index is 12.2. The molecule has 0 amide bonds. The number of rotatable bonds is 14. The number of alkyl halides is 4. The Balaban J connectivity index is 0.000000232. The average Bonchev–Trinajstić information content (AvgIpc) is 3.29. The van der Waals surface area contributed by atoms with Crippen molar-refractivity contribution in [1.82, 2.24) is 0 Å². The van der Waals surface area contributed by atoms with Crippen LogP contribution in [0.2, 0.25) is 0 Å². The molecule has 0 aliphatic heterocycles. The molecule has 6 nitrogen and oxygen atoms in total. The fourth-order valence-electron chi connectivity index (χ4n) is 4.97. The first-order valence-corrected chi connectivity index (χ1v) is 22.3. The number of hydrogen-bond donors (Lipinski definition) is 0. The van der Waals surface area contributed by atoms with Crippen LogP contribution in [0.15, 0.2) is 236 Å². The van der Waals surface area contributed by atoms with Crippen molar-refractivity contribution in [1.29, 1.82) is 0 Å². The normalized spacial score (nSPS) is 10.7. The second-order valence-corrected chi connectivity index (χ2v) is 18.1. The molecule has 0 fully saturated rings. The topological polar surface area (TPSA) is 78.9 Å². The van der Waals surface area contributed by atoms with Crippen LogP contribution in [-0.4, -0.2) is 49.6 Å². The highest BCUT2D eigenvalue weighted by Crippen LogP contribution is 2.31. The second-order valence-electron chi connectivity index (χ2n) is 14.0. The molecule has 6 aromatic carbocycles. The molecule has 0 aliphatic carbocycles. The second kappa shape index (κ2) is 27.0. The highest BCUT2D eigenvalue weighted by Gasteiger charge is 2.29. The predicted molar refractivity (Wildman–Crippen MR) is 247 cm³/mol. The van der Waals surface area contributed by atoms with Gasteiger partial charge in [-0.2, -0.15) is 0 Å². The van der Waals surface area contributed by atoms with Crippen molar-refractivity contribution in [2.45, 2.75) is 68.9 Å². The number of benzene rings is 6. The molecule has 0 spiro atoms. The highest BCUT2D eigenvalue weighted by atomic mass is 32.2. The Morgan fingerprint density at radius 1 is 0.422 bits per heavy atom. The summed E-state index contributed by atoms with van der Waals surface area (Å²) in [5.41, 5.74) is 0.234. The fourth-order valence-corrected chi connectivity index (χ4v) is 9.18. The van der Waals surface area contributed by atoms with Crippen molar-refractivity contribution in [2.24, 2.45) is 0 Å². The summed E-state index contributed by atoms with van der Waals surface area (Å²) in [6.07, 6.45) is 0. The highest BCUT2D eigenvalue weighted by molar-refractivity contribution is 7.97. The van der Waals surface area contributed by atoms with E-state index in [1.807, 2.05) is 0 Å². The molecule has 6 rings (SSSR count). The molecule has 64 heavy (non-hydrogen) atoms. The Hall–Kier alpha value is -6.37. The van der Waals surface area contributed by atoms with E-state index in [0.29, 0.717) is 13.8 Å². The van der Waals surface area contributed by atoms with Crippen LogP contribution in [0.1, 0.15) is 27.7 Å². The third-order valence-electron chi connectivity index (χ3n) is 7.83. The zero-order valence-electron chi connectivity index (χ0n) is 36.1. The summed E-state index contributed by atoms with van der Waals surface area (Å²) in [6.45, 7) is 7.98. The molecule has 0 radical (unpaired) electrons. The maximum absolute atomic E-state index is 12.2. The van der Waals surface area contributed by atoms with E-state index in [1.54, 1.807) is 0 Å². The summed E-state index contributed by atoms with van der Waals surface area (Å²) in [5, 5.41) is 0. The summed E-state index contributed by atoms with van der Waals surface area (Å²) in [6, 6.07) is 64.3. The van der Waals surface area contributed by atoms with Crippen molar-refractivity contribution >= 4 is 39.7 Å². The van der Waals surface area contributed by atoms with Crippen molar-refractivity contribution < 1.29 is 46.2 Å². The average molecular weight is 913 g/mol. The first kappa shape index (κ1) is 52.0. The quantitative estimate of drug-likeness (QED) is 0.0356. The lowest BCUT2D eigenvalue weighted by molar-refractivity contribution is -0.163. The molecule has 0 unspecified atom stereocenters.